The van der Waals surface area contributed by atoms with Gasteiger partial charge in [0.2, 0.25) is 5.96 Å². The molecule has 1 atom stereocenters. The molecule has 1 aliphatic rings. The van der Waals surface area contributed by atoms with Crippen LogP contribution in [0.4, 0.5) is 30.2 Å². The van der Waals surface area contributed by atoms with Gasteiger partial charge in [-0.15, -0.1) is 0 Å². The number of nitrogen functional groups attached to an aromatic ring is 1. The van der Waals surface area contributed by atoms with E-state index < -0.39 is 17.5 Å². The number of aliphatic imine (C=N–C) groups is 2. The second-order valence-corrected chi connectivity index (χ2v) is 7.44. The largest absolute Gasteiger partial charge is 0.486 e. The van der Waals surface area contributed by atoms with Crippen LogP contribution in [-0.2, 0) is 0 Å². The first-order chi connectivity index (χ1) is 15.2. The third kappa shape index (κ3) is 4.87. The summed E-state index contributed by atoms with van der Waals surface area (Å²) < 4.78 is 48.7. The van der Waals surface area contributed by atoms with E-state index in [9.17, 15) is 13.2 Å². The van der Waals surface area contributed by atoms with Crippen molar-refractivity contribution in [3.8, 4) is 5.75 Å². The van der Waals surface area contributed by atoms with E-state index in [0.717, 1.165) is 12.5 Å². The predicted octanol–water partition coefficient (Wildman–Crippen LogP) is 5.37. The number of benzene rings is 2. The van der Waals surface area contributed by atoms with Gasteiger partial charge in [0.1, 0.15) is 23.9 Å². The molecule has 2 aromatic carbocycles. The van der Waals surface area contributed by atoms with Gasteiger partial charge in [-0.05, 0) is 57.3 Å². The van der Waals surface area contributed by atoms with E-state index in [1.807, 2.05) is 18.7 Å². The van der Waals surface area contributed by atoms with Crippen LogP contribution < -0.4 is 20.7 Å². The molecule has 2 aromatic rings. The number of fused-ring (bicyclic) bond motifs is 1. The third-order valence-electron chi connectivity index (χ3n) is 5.26. The lowest BCUT2D eigenvalue weighted by molar-refractivity contribution is 0.285. The molecule has 0 spiro atoms. The average molecular weight is 445 g/mol. The fourth-order valence-electron chi connectivity index (χ4n) is 3.40. The van der Waals surface area contributed by atoms with Gasteiger partial charge in [0.05, 0.1) is 17.9 Å². The highest BCUT2D eigenvalue weighted by Gasteiger charge is 2.26. The number of ether oxygens (including phenoxy) is 1. The van der Waals surface area contributed by atoms with E-state index >= 15 is 0 Å². The van der Waals surface area contributed by atoms with Crippen LogP contribution in [0.25, 0.3) is 5.70 Å². The Hall–Kier alpha value is -3.49. The van der Waals surface area contributed by atoms with Gasteiger partial charge in [0.25, 0.3) is 0 Å². The molecule has 1 heterocycles. The van der Waals surface area contributed by atoms with Crippen LogP contribution in [0.15, 0.2) is 46.1 Å². The van der Waals surface area contributed by atoms with Crippen molar-refractivity contribution in [3.05, 3.63) is 53.4 Å². The number of guanidine groups is 1. The summed E-state index contributed by atoms with van der Waals surface area (Å²) >= 11 is 0. The maximum Gasteiger partial charge on any atom is 0.227 e. The highest BCUT2D eigenvalue weighted by atomic mass is 19.1. The molecular formula is C23H26F3N5O. The van der Waals surface area contributed by atoms with Crippen molar-refractivity contribution in [1.29, 1.82) is 0 Å². The van der Waals surface area contributed by atoms with Gasteiger partial charge in [0, 0.05) is 17.3 Å². The van der Waals surface area contributed by atoms with Gasteiger partial charge in [-0.2, -0.15) is 0 Å². The lowest BCUT2D eigenvalue weighted by atomic mass is 10.1. The van der Waals surface area contributed by atoms with E-state index in [2.05, 4.69) is 22.0 Å². The number of nitrogens with one attached hydrogen (secondary N) is 1. The maximum atomic E-state index is 14.9. The fraction of sp³-hybridized carbons (Fsp3) is 0.304. The summed E-state index contributed by atoms with van der Waals surface area (Å²) in [6.45, 7) is 9.66. The van der Waals surface area contributed by atoms with Gasteiger partial charge < -0.3 is 20.7 Å². The van der Waals surface area contributed by atoms with Gasteiger partial charge >= 0.3 is 0 Å². The molecule has 0 aromatic heterocycles. The molecule has 1 unspecified atom stereocenters. The Morgan fingerprint density at radius 1 is 1.28 bits per heavy atom. The van der Waals surface area contributed by atoms with Crippen molar-refractivity contribution in [1.82, 2.24) is 0 Å². The molecule has 3 rings (SSSR count). The van der Waals surface area contributed by atoms with E-state index in [4.69, 9.17) is 10.5 Å². The molecule has 0 amide bonds. The Balaban J connectivity index is 2.03. The van der Waals surface area contributed by atoms with Crippen molar-refractivity contribution in [2.24, 2.45) is 9.98 Å². The minimum atomic E-state index is -0.650. The quantitative estimate of drug-likeness (QED) is 0.369. The molecule has 3 N–H and O–H groups in total. The van der Waals surface area contributed by atoms with Crippen molar-refractivity contribution in [3.63, 3.8) is 0 Å². The zero-order chi connectivity index (χ0) is 23.4. The summed E-state index contributed by atoms with van der Waals surface area (Å²) in [6.07, 6.45) is 0.848. The Morgan fingerprint density at radius 2 is 2.03 bits per heavy atom. The van der Waals surface area contributed by atoms with Crippen LogP contribution in [0, 0.1) is 11.6 Å². The molecule has 0 bridgehead atoms. The summed E-state index contributed by atoms with van der Waals surface area (Å²) in [4.78, 5) is 9.98. The van der Waals surface area contributed by atoms with Crippen molar-refractivity contribution in [2.45, 2.75) is 33.2 Å². The predicted molar refractivity (Wildman–Crippen MR) is 124 cm³/mol. The van der Waals surface area contributed by atoms with Crippen molar-refractivity contribution >= 4 is 35.4 Å². The molecule has 0 saturated carbocycles. The summed E-state index contributed by atoms with van der Waals surface area (Å²) in [5.74, 6) is -1.84. The molecule has 0 saturated heterocycles. The van der Waals surface area contributed by atoms with E-state index in [1.165, 1.54) is 25.1 Å². The number of nitrogens with zero attached hydrogens (tertiary/aromatic N) is 3. The molecule has 6 nitrogen and oxygen atoms in total. The number of halogens is 3. The normalized spacial score (nSPS) is 15.4. The van der Waals surface area contributed by atoms with Gasteiger partial charge in [-0.25, -0.2) is 23.2 Å². The zero-order valence-corrected chi connectivity index (χ0v) is 18.3. The van der Waals surface area contributed by atoms with Gasteiger partial charge in [-0.1, -0.05) is 6.92 Å². The Labute approximate surface area is 185 Å². The van der Waals surface area contributed by atoms with E-state index in [-0.39, 0.29) is 34.7 Å². The Bertz CT molecular complexity index is 1080. The van der Waals surface area contributed by atoms with E-state index in [0.29, 0.717) is 24.5 Å². The summed E-state index contributed by atoms with van der Waals surface area (Å²) in [5, 5.41) is 2.76. The highest BCUT2D eigenvalue weighted by Crippen LogP contribution is 2.39. The zero-order valence-electron chi connectivity index (χ0n) is 18.3. The Morgan fingerprint density at radius 3 is 2.66 bits per heavy atom. The van der Waals surface area contributed by atoms with Crippen LogP contribution in [-0.4, -0.2) is 31.9 Å². The van der Waals surface area contributed by atoms with Gasteiger partial charge in [0.15, 0.2) is 11.6 Å². The molecule has 170 valence electrons. The van der Waals surface area contributed by atoms with Crippen LogP contribution in [0.5, 0.6) is 5.75 Å². The maximum absolute atomic E-state index is 14.9. The van der Waals surface area contributed by atoms with Gasteiger partial charge in [-0.3, -0.25) is 0 Å². The highest BCUT2D eigenvalue weighted by molar-refractivity contribution is 5.99. The number of rotatable bonds is 5. The molecule has 9 heteroatoms. The molecule has 0 radical (unpaired) electrons. The lowest BCUT2D eigenvalue weighted by Gasteiger charge is -2.36. The summed E-state index contributed by atoms with van der Waals surface area (Å²) in [7, 11) is 0. The minimum Gasteiger partial charge on any atom is -0.486 e. The van der Waals surface area contributed by atoms with Crippen LogP contribution in [0.2, 0.25) is 0 Å². The monoisotopic (exact) mass is 445 g/mol. The number of hydrogen-bond donors (Lipinski definition) is 2. The summed E-state index contributed by atoms with van der Waals surface area (Å²) in [6, 6.07) is 7.01. The first kappa shape index (κ1) is 23.2. The van der Waals surface area contributed by atoms with Crippen LogP contribution in [0.1, 0.15) is 32.8 Å². The van der Waals surface area contributed by atoms with Crippen LogP contribution >= 0.6 is 0 Å². The smallest absolute Gasteiger partial charge is 0.227 e. The SMILES string of the molecule is C=NC(=N/C(=C(\C)F)c1cc(F)c2c(c1)N(C(C)CC)CCO2)Nc1ccc(N)c(F)c1. The topological polar surface area (TPSA) is 75.2 Å². The number of anilines is 3. The third-order valence-corrected chi connectivity index (χ3v) is 5.26. The standard InChI is InChI=1S/C23H26F3N5O/c1-5-13(2)31-8-9-32-22-18(26)10-15(11-20(22)31)21(14(3)24)30-23(28-4)29-16-6-7-19(27)17(25)12-16/h6-7,10-13H,4-5,8-9,27H2,1-3H3,(H,29,30)/b21-14+. The van der Waals surface area contributed by atoms with Crippen molar-refractivity contribution < 1.29 is 17.9 Å². The molecule has 1 aliphatic heterocycles. The summed E-state index contributed by atoms with van der Waals surface area (Å²) in [5.41, 5.74) is 6.39. The first-order valence-corrected chi connectivity index (χ1v) is 10.2. The first-order valence-electron chi connectivity index (χ1n) is 10.2. The second-order valence-electron chi connectivity index (χ2n) is 7.44. The number of nitrogens with two attached hydrogens (primary N) is 1. The second kappa shape index (κ2) is 9.76. The number of hydrogen-bond acceptors (Lipinski definition) is 4. The van der Waals surface area contributed by atoms with E-state index in [1.54, 1.807) is 6.07 Å². The molecule has 0 aliphatic carbocycles. The lowest BCUT2D eigenvalue weighted by Crippen LogP contribution is -2.39. The molecular weight excluding hydrogens is 419 g/mol. The van der Waals surface area contributed by atoms with Crippen LogP contribution in [0.3, 0.4) is 0 Å². The average Bonchev–Trinajstić information content (AvgIpc) is 2.77. The number of allylic oxidation sites excluding steroid dienone is 1. The Kier molecular flexibility index (Phi) is 7.07. The molecule has 32 heavy (non-hydrogen) atoms. The minimum absolute atomic E-state index is 0.0154. The van der Waals surface area contributed by atoms with Crippen molar-refractivity contribution in [2.75, 3.05) is 29.1 Å². The molecule has 0 fully saturated rings. The fourth-order valence-corrected chi connectivity index (χ4v) is 3.40.